The Balaban J connectivity index is 1.89. The van der Waals surface area contributed by atoms with Gasteiger partial charge in [-0.05, 0) is 29.8 Å². The van der Waals surface area contributed by atoms with Crippen LogP contribution in [0.3, 0.4) is 0 Å². The first-order valence-corrected chi connectivity index (χ1v) is 9.40. The second kappa shape index (κ2) is 6.88. The molecule has 0 aliphatic heterocycles. The molecule has 1 heterocycles. The van der Waals surface area contributed by atoms with E-state index in [1.807, 2.05) is 42.6 Å². The fourth-order valence-corrected chi connectivity index (χ4v) is 3.60. The number of nitrogens with one attached hydrogen (secondary N) is 1. The summed E-state index contributed by atoms with van der Waals surface area (Å²) in [6.07, 6.45) is 3.61. The summed E-state index contributed by atoms with van der Waals surface area (Å²) in [6.45, 7) is 2.16. The molecule has 6 heteroatoms. The summed E-state index contributed by atoms with van der Waals surface area (Å²) in [5.74, 6) is 0.0789. The number of hydrogen-bond acceptors (Lipinski definition) is 4. The van der Waals surface area contributed by atoms with Crippen molar-refractivity contribution in [3.05, 3.63) is 72.6 Å². The van der Waals surface area contributed by atoms with E-state index < -0.39 is 9.84 Å². The van der Waals surface area contributed by atoms with Crippen LogP contribution < -0.4 is 5.32 Å². The summed E-state index contributed by atoms with van der Waals surface area (Å²) in [7, 11) is -3.27. The first-order valence-electron chi connectivity index (χ1n) is 7.75. The first kappa shape index (κ1) is 16.3. The van der Waals surface area contributed by atoms with Crippen molar-refractivity contribution in [3.63, 3.8) is 0 Å². The van der Waals surface area contributed by atoms with Gasteiger partial charge in [0.25, 0.3) is 0 Å². The lowest BCUT2D eigenvalue weighted by atomic mass is 10.1. The molecule has 0 radical (unpaired) electrons. The van der Waals surface area contributed by atoms with E-state index >= 15 is 0 Å². The Morgan fingerprint density at radius 3 is 2.54 bits per heavy atom. The lowest BCUT2D eigenvalue weighted by Gasteiger charge is -2.14. The van der Waals surface area contributed by atoms with Gasteiger partial charge in [-0.1, -0.05) is 37.3 Å². The van der Waals surface area contributed by atoms with Gasteiger partial charge in [0.05, 0.1) is 22.0 Å². The summed E-state index contributed by atoms with van der Waals surface area (Å²) in [5, 5.41) is 7.52. The Bertz CT molecular complexity index is 919. The molecule has 1 aromatic heterocycles. The minimum atomic E-state index is -3.27. The smallest absolute Gasteiger partial charge is 0.180 e. The number of anilines is 1. The predicted molar refractivity (Wildman–Crippen MR) is 95.1 cm³/mol. The molecule has 0 amide bonds. The lowest BCUT2D eigenvalue weighted by Crippen LogP contribution is -2.10. The van der Waals surface area contributed by atoms with E-state index in [-0.39, 0.29) is 5.75 Å². The second-order valence-electron chi connectivity index (χ2n) is 5.33. The van der Waals surface area contributed by atoms with Gasteiger partial charge in [0.2, 0.25) is 0 Å². The van der Waals surface area contributed by atoms with Crippen LogP contribution in [0.1, 0.15) is 12.5 Å². The third kappa shape index (κ3) is 3.33. The van der Waals surface area contributed by atoms with Crippen molar-refractivity contribution in [1.29, 1.82) is 0 Å². The number of rotatable bonds is 6. The topological polar surface area (TPSA) is 64.0 Å². The highest BCUT2D eigenvalue weighted by Gasteiger charge is 2.16. The average molecular weight is 341 g/mol. The maximum atomic E-state index is 12.2. The highest BCUT2D eigenvalue weighted by atomic mass is 32.2. The van der Waals surface area contributed by atoms with Crippen LogP contribution in [-0.4, -0.2) is 24.0 Å². The molecule has 1 N–H and O–H groups in total. The van der Waals surface area contributed by atoms with Gasteiger partial charge in [0.15, 0.2) is 9.84 Å². The van der Waals surface area contributed by atoms with Gasteiger partial charge in [0.1, 0.15) is 0 Å². The number of nitrogens with zero attached hydrogens (tertiary/aromatic N) is 2. The third-order valence-electron chi connectivity index (χ3n) is 3.81. The monoisotopic (exact) mass is 341 g/mol. The number of benzene rings is 2. The van der Waals surface area contributed by atoms with Crippen molar-refractivity contribution in [2.45, 2.75) is 18.4 Å². The van der Waals surface area contributed by atoms with Crippen molar-refractivity contribution in [3.8, 4) is 5.69 Å². The van der Waals surface area contributed by atoms with Crippen LogP contribution in [0.25, 0.3) is 5.69 Å². The summed E-state index contributed by atoms with van der Waals surface area (Å²) in [6, 6.07) is 16.8. The lowest BCUT2D eigenvalue weighted by molar-refractivity contribution is 0.597. The maximum absolute atomic E-state index is 12.2. The molecule has 3 rings (SSSR count). The van der Waals surface area contributed by atoms with Crippen LogP contribution in [0, 0.1) is 0 Å². The molecule has 124 valence electrons. The number of hydrogen-bond donors (Lipinski definition) is 1. The molecule has 0 aliphatic rings. The zero-order valence-corrected chi connectivity index (χ0v) is 14.2. The minimum Gasteiger partial charge on any atom is -0.380 e. The van der Waals surface area contributed by atoms with Crippen molar-refractivity contribution >= 4 is 15.5 Å². The van der Waals surface area contributed by atoms with Crippen molar-refractivity contribution in [1.82, 2.24) is 9.78 Å². The van der Waals surface area contributed by atoms with E-state index in [2.05, 4.69) is 10.4 Å². The molecule has 0 aliphatic carbocycles. The molecule has 0 unspecified atom stereocenters. The largest absolute Gasteiger partial charge is 0.380 e. The number of sulfone groups is 1. The molecule has 3 aromatic rings. The van der Waals surface area contributed by atoms with Gasteiger partial charge in [-0.2, -0.15) is 5.10 Å². The summed E-state index contributed by atoms with van der Waals surface area (Å²) in [4.78, 5) is 0.337. The Morgan fingerprint density at radius 1 is 1.04 bits per heavy atom. The van der Waals surface area contributed by atoms with Crippen molar-refractivity contribution < 1.29 is 8.42 Å². The molecule has 0 atom stereocenters. The van der Waals surface area contributed by atoms with Crippen LogP contribution in [0.4, 0.5) is 5.69 Å². The molecule has 0 saturated heterocycles. The quantitative estimate of drug-likeness (QED) is 0.747. The number of para-hydroxylation sites is 2. The van der Waals surface area contributed by atoms with Crippen LogP contribution in [0.2, 0.25) is 0 Å². The van der Waals surface area contributed by atoms with Gasteiger partial charge in [-0.15, -0.1) is 0 Å². The van der Waals surface area contributed by atoms with Crippen LogP contribution in [0.15, 0.2) is 71.9 Å². The molecule has 2 aromatic carbocycles. The maximum Gasteiger partial charge on any atom is 0.180 e. The van der Waals surface area contributed by atoms with Gasteiger partial charge >= 0.3 is 0 Å². The SMILES string of the molecule is CCS(=O)(=O)c1ccccc1NCc1ccccc1-n1cccn1. The Kier molecular flexibility index (Phi) is 4.66. The minimum absolute atomic E-state index is 0.0789. The van der Waals surface area contributed by atoms with Crippen LogP contribution >= 0.6 is 0 Å². The van der Waals surface area contributed by atoms with Crippen molar-refractivity contribution in [2.24, 2.45) is 0 Å². The Labute approximate surface area is 141 Å². The van der Waals surface area contributed by atoms with E-state index in [0.717, 1.165) is 11.3 Å². The van der Waals surface area contributed by atoms with Crippen LogP contribution in [-0.2, 0) is 16.4 Å². The number of aromatic nitrogens is 2. The Hall–Kier alpha value is -2.60. The third-order valence-corrected chi connectivity index (χ3v) is 5.60. The molecule has 0 fully saturated rings. The Morgan fingerprint density at radius 2 is 1.79 bits per heavy atom. The highest BCUT2D eigenvalue weighted by molar-refractivity contribution is 7.91. The van der Waals surface area contributed by atoms with E-state index in [0.29, 0.717) is 17.1 Å². The fourth-order valence-electron chi connectivity index (χ4n) is 2.52. The predicted octanol–water partition coefficient (Wildman–Crippen LogP) is 3.28. The molecule has 0 saturated carbocycles. The average Bonchev–Trinajstić information content (AvgIpc) is 3.15. The zero-order valence-electron chi connectivity index (χ0n) is 13.4. The summed E-state index contributed by atoms with van der Waals surface area (Å²) < 4.78 is 26.3. The normalized spacial score (nSPS) is 11.4. The molecular weight excluding hydrogens is 322 g/mol. The second-order valence-corrected chi connectivity index (χ2v) is 7.58. The van der Waals surface area contributed by atoms with E-state index in [1.165, 1.54) is 0 Å². The first-order chi connectivity index (χ1) is 11.6. The molecule has 5 nitrogen and oxygen atoms in total. The molecule has 0 bridgehead atoms. The van der Waals surface area contributed by atoms with E-state index in [4.69, 9.17) is 0 Å². The van der Waals surface area contributed by atoms with Gasteiger partial charge in [0, 0.05) is 18.9 Å². The van der Waals surface area contributed by atoms with E-state index in [9.17, 15) is 8.42 Å². The van der Waals surface area contributed by atoms with Gasteiger partial charge in [-0.25, -0.2) is 13.1 Å². The van der Waals surface area contributed by atoms with Gasteiger partial charge in [-0.3, -0.25) is 0 Å². The van der Waals surface area contributed by atoms with Gasteiger partial charge < -0.3 is 5.32 Å². The highest BCUT2D eigenvalue weighted by Crippen LogP contribution is 2.23. The fraction of sp³-hybridized carbons (Fsp3) is 0.167. The van der Waals surface area contributed by atoms with Crippen LogP contribution in [0.5, 0.6) is 0 Å². The molecule has 0 spiro atoms. The van der Waals surface area contributed by atoms with E-state index in [1.54, 1.807) is 36.0 Å². The summed E-state index contributed by atoms with van der Waals surface area (Å²) >= 11 is 0. The standard InChI is InChI=1S/C18H19N3O2S/c1-2-24(22,23)18-11-6-4-9-16(18)19-14-15-8-3-5-10-17(15)21-13-7-12-20-21/h3-13,19H,2,14H2,1H3. The zero-order chi connectivity index (χ0) is 17.0. The summed E-state index contributed by atoms with van der Waals surface area (Å²) in [5.41, 5.74) is 2.62. The van der Waals surface area contributed by atoms with Crippen molar-refractivity contribution in [2.75, 3.05) is 11.1 Å². The molecular formula is C18H19N3O2S. The molecule has 24 heavy (non-hydrogen) atoms.